The Morgan fingerprint density at radius 1 is 0.825 bits per heavy atom. The fourth-order valence-corrected chi connectivity index (χ4v) is 11.7. The maximum atomic E-state index is 13.4. The number of halogens is 3. The van der Waals surface area contributed by atoms with Crippen molar-refractivity contribution in [1.82, 2.24) is 18.4 Å². The Kier molecular flexibility index (Phi) is 21.4. The highest BCUT2D eigenvalue weighted by atomic mass is 35.5. The van der Waals surface area contributed by atoms with E-state index in [1.807, 2.05) is 23.9 Å². The van der Waals surface area contributed by atoms with E-state index in [-0.39, 0.29) is 27.9 Å². The molecule has 2 fully saturated rings. The SMILES string of the molecule is C=CS(=O)(=O)N1CCN(C)CC1.CN1CCN(S(=O)(=O)CCC(c2ccsc2[N+](=O)[O-])S(=O)(=O)Oc2ccc(N(CCCl)CCCl)cc2)CC1.CS(=O)(=O)CCCl. The molecule has 2 saturated heterocycles. The first-order valence-electron chi connectivity index (χ1n) is 17.4. The smallest absolute Gasteiger partial charge is 0.328 e. The summed E-state index contributed by atoms with van der Waals surface area (Å²) < 4.78 is 104. The number of benzene rings is 1. The Labute approximate surface area is 356 Å². The zero-order chi connectivity index (χ0) is 43.0. The zero-order valence-corrected chi connectivity index (χ0v) is 38.3. The lowest BCUT2D eigenvalue weighted by molar-refractivity contribution is -0.380. The summed E-state index contributed by atoms with van der Waals surface area (Å²) in [6.07, 6.45) is 0.765. The average Bonchev–Trinajstić information content (AvgIpc) is 3.62. The van der Waals surface area contributed by atoms with Gasteiger partial charge in [-0.1, -0.05) is 17.9 Å². The maximum Gasteiger partial charge on any atom is 0.328 e. The van der Waals surface area contributed by atoms with E-state index < -0.39 is 62.3 Å². The summed E-state index contributed by atoms with van der Waals surface area (Å²) in [7, 11) is -10.4. The molecule has 1 aromatic carbocycles. The molecule has 0 aliphatic carbocycles. The van der Waals surface area contributed by atoms with Crippen LogP contribution in [0.4, 0.5) is 10.7 Å². The van der Waals surface area contributed by atoms with Crippen molar-refractivity contribution in [1.29, 1.82) is 0 Å². The van der Waals surface area contributed by atoms with Gasteiger partial charge in [0.1, 0.15) is 20.8 Å². The van der Waals surface area contributed by atoms with Gasteiger partial charge >= 0.3 is 15.1 Å². The Hall–Kier alpha value is -1.83. The molecule has 0 bridgehead atoms. The summed E-state index contributed by atoms with van der Waals surface area (Å²) in [4.78, 5) is 16.9. The fourth-order valence-electron chi connectivity index (χ4n) is 5.38. The van der Waals surface area contributed by atoms with Gasteiger partial charge in [-0.2, -0.15) is 17.0 Å². The van der Waals surface area contributed by atoms with Gasteiger partial charge in [0.2, 0.25) is 20.0 Å². The molecule has 326 valence electrons. The molecule has 1 aromatic heterocycles. The van der Waals surface area contributed by atoms with E-state index in [9.17, 15) is 43.8 Å². The van der Waals surface area contributed by atoms with E-state index in [0.717, 1.165) is 41.8 Å². The summed E-state index contributed by atoms with van der Waals surface area (Å²) >= 11 is 17.6. The topological polar surface area (TPSA) is 205 Å². The van der Waals surface area contributed by atoms with Gasteiger partial charge in [-0.3, -0.25) is 10.1 Å². The first kappa shape index (κ1) is 51.3. The Morgan fingerprint density at radius 3 is 1.75 bits per heavy atom. The molecule has 1 atom stereocenters. The minimum Gasteiger partial charge on any atom is -0.382 e. The number of nitro groups is 1. The Bertz CT molecular complexity index is 2000. The van der Waals surface area contributed by atoms with Crippen molar-refractivity contribution >= 4 is 96.8 Å². The van der Waals surface area contributed by atoms with Crippen LogP contribution >= 0.6 is 46.1 Å². The number of piperazine rings is 2. The second kappa shape index (κ2) is 23.8. The van der Waals surface area contributed by atoms with E-state index in [0.29, 0.717) is 64.1 Å². The first-order valence-corrected chi connectivity index (χ1v) is 26.6. The fraction of sp³-hybridized carbons (Fsp3) is 0.625. The molecular weight excluding hydrogens is 911 g/mol. The Morgan fingerprint density at radius 2 is 1.33 bits per heavy atom. The van der Waals surface area contributed by atoms with Gasteiger partial charge in [0.25, 0.3) is 0 Å². The molecule has 3 heterocycles. The van der Waals surface area contributed by atoms with Crippen molar-refractivity contribution < 1.29 is 42.8 Å². The minimum absolute atomic E-state index is 0.00439. The van der Waals surface area contributed by atoms with E-state index >= 15 is 0 Å². The number of rotatable bonds is 18. The van der Waals surface area contributed by atoms with Gasteiger partial charge in [0.05, 0.1) is 22.0 Å². The van der Waals surface area contributed by atoms with Gasteiger partial charge in [0, 0.05) is 100 Å². The van der Waals surface area contributed by atoms with Crippen LogP contribution in [0.2, 0.25) is 0 Å². The van der Waals surface area contributed by atoms with Crippen LogP contribution in [0.25, 0.3) is 0 Å². The normalized spacial score (nSPS) is 17.0. The van der Waals surface area contributed by atoms with Crippen LogP contribution in [0, 0.1) is 10.1 Å². The molecule has 2 aliphatic rings. The van der Waals surface area contributed by atoms with Crippen LogP contribution in [0.1, 0.15) is 17.2 Å². The molecule has 0 radical (unpaired) electrons. The number of sulfonamides is 2. The second-order valence-electron chi connectivity index (χ2n) is 12.9. The highest BCUT2D eigenvalue weighted by Gasteiger charge is 2.38. The molecule has 0 N–H and O–H groups in total. The van der Waals surface area contributed by atoms with Crippen LogP contribution in [0.5, 0.6) is 5.75 Å². The Balaban J connectivity index is 0.000000482. The summed E-state index contributed by atoms with van der Waals surface area (Å²) in [5, 5.41) is 12.1. The highest BCUT2D eigenvalue weighted by Crippen LogP contribution is 2.39. The lowest BCUT2D eigenvalue weighted by Gasteiger charge is -2.31. The molecule has 17 nitrogen and oxygen atoms in total. The van der Waals surface area contributed by atoms with Crippen molar-refractivity contribution in [2.45, 2.75) is 11.7 Å². The lowest BCUT2D eigenvalue weighted by Crippen LogP contribution is -2.47. The number of anilines is 1. The largest absolute Gasteiger partial charge is 0.382 e. The molecule has 1 unspecified atom stereocenters. The number of nitrogens with zero attached hydrogens (tertiary/aromatic N) is 6. The molecule has 2 aromatic rings. The van der Waals surface area contributed by atoms with E-state index in [4.69, 9.17) is 39.0 Å². The standard InChI is InChI=1S/C22H30Cl2N4O7S3.C7H14N2O2S.C3H7ClO2S/c1-25-12-14-27(15-13-25)37(31,32)17-7-21(20-6-16-36-22(20)28(29)30)38(33,34)35-19-4-2-18(3-5-19)26(10-8-23)11-9-24;1-3-12(10,11)9-6-4-8(2)5-7-9;1-7(5,6)3-2-4/h2-6,16,21H,7-15,17H2,1H3;3H,1,4-7H2,2H3;2-3H2,1H3. The van der Waals surface area contributed by atoms with Crippen molar-refractivity contribution in [2.75, 3.05) is 120 Å². The van der Waals surface area contributed by atoms with Crippen molar-refractivity contribution in [3.63, 3.8) is 0 Å². The average molecular weight is 962 g/mol. The van der Waals surface area contributed by atoms with E-state index in [1.54, 1.807) is 12.1 Å². The van der Waals surface area contributed by atoms with Crippen LogP contribution in [0.15, 0.2) is 47.7 Å². The molecule has 2 aliphatic heterocycles. The first-order chi connectivity index (χ1) is 26.6. The van der Waals surface area contributed by atoms with Crippen molar-refractivity contribution in [3.8, 4) is 5.75 Å². The van der Waals surface area contributed by atoms with Crippen LogP contribution in [-0.4, -0.2) is 172 Å². The summed E-state index contributed by atoms with van der Waals surface area (Å²) in [6, 6.07) is 7.56. The van der Waals surface area contributed by atoms with Crippen LogP contribution < -0.4 is 9.08 Å². The summed E-state index contributed by atoms with van der Waals surface area (Å²) in [6.45, 7) is 8.81. The van der Waals surface area contributed by atoms with Gasteiger partial charge in [0.15, 0.2) is 0 Å². The molecular formula is C32H51Cl3N6O11S5. The van der Waals surface area contributed by atoms with E-state index in [1.165, 1.54) is 32.2 Å². The van der Waals surface area contributed by atoms with Crippen LogP contribution in [0.3, 0.4) is 0 Å². The van der Waals surface area contributed by atoms with E-state index in [2.05, 4.69) is 11.5 Å². The van der Waals surface area contributed by atoms with Gasteiger partial charge < -0.3 is 18.9 Å². The second-order valence-corrected chi connectivity index (χ2v) is 22.9. The van der Waals surface area contributed by atoms with Gasteiger partial charge in [-0.15, -0.1) is 34.8 Å². The number of alkyl halides is 3. The quantitative estimate of drug-likeness (QED) is 0.0911. The van der Waals surface area contributed by atoms with Crippen molar-refractivity contribution in [2.24, 2.45) is 0 Å². The van der Waals surface area contributed by atoms with Crippen molar-refractivity contribution in [3.05, 3.63) is 63.4 Å². The minimum atomic E-state index is -4.51. The number of thiophene rings is 1. The molecule has 0 spiro atoms. The number of likely N-dealkylation sites (N-methyl/N-ethyl adjacent to an activating group) is 2. The molecule has 57 heavy (non-hydrogen) atoms. The van der Waals surface area contributed by atoms with Gasteiger partial charge in [-0.25, -0.2) is 25.3 Å². The predicted molar refractivity (Wildman–Crippen MR) is 229 cm³/mol. The molecule has 4 rings (SSSR count). The van der Waals surface area contributed by atoms with Crippen LogP contribution in [-0.2, 0) is 40.0 Å². The zero-order valence-electron chi connectivity index (χ0n) is 32.0. The molecule has 0 saturated carbocycles. The number of hydrogen-bond acceptors (Lipinski definition) is 15. The number of sulfone groups is 1. The third-order valence-corrected chi connectivity index (χ3v) is 16.2. The highest BCUT2D eigenvalue weighted by molar-refractivity contribution is 7.92. The molecule has 25 heteroatoms. The lowest BCUT2D eigenvalue weighted by atomic mass is 10.2. The number of hydrogen-bond donors (Lipinski definition) is 0. The predicted octanol–water partition coefficient (Wildman–Crippen LogP) is 3.33. The molecule has 0 amide bonds. The third-order valence-electron chi connectivity index (χ3n) is 8.63. The van der Waals surface area contributed by atoms with Gasteiger partial charge in [-0.05, 0) is 56.2 Å². The maximum absolute atomic E-state index is 13.4. The summed E-state index contributed by atoms with van der Waals surface area (Å²) in [5.41, 5.74) is 0.667. The third kappa shape index (κ3) is 17.4. The summed E-state index contributed by atoms with van der Waals surface area (Å²) in [5.74, 6) is 0.522. The monoisotopic (exact) mass is 960 g/mol.